The van der Waals surface area contributed by atoms with E-state index in [1.54, 1.807) is 13.3 Å². The van der Waals surface area contributed by atoms with Crippen molar-refractivity contribution >= 4 is 23.8 Å². The average Bonchev–Trinajstić information content (AvgIpc) is 3.08. The van der Waals surface area contributed by atoms with Crippen LogP contribution >= 0.6 is 11.8 Å². The number of ether oxygens (including phenoxy) is 2. The van der Waals surface area contributed by atoms with Gasteiger partial charge in [0, 0.05) is 5.92 Å². The Kier molecular flexibility index (Phi) is 5.22. The van der Waals surface area contributed by atoms with E-state index < -0.39 is 0 Å². The third-order valence-electron chi connectivity index (χ3n) is 5.73. The molecule has 31 heavy (non-hydrogen) atoms. The van der Waals surface area contributed by atoms with Gasteiger partial charge < -0.3 is 9.47 Å². The third-order valence-corrected chi connectivity index (χ3v) is 6.19. The number of allylic oxidation sites excluding steroid dienone is 3. The summed E-state index contributed by atoms with van der Waals surface area (Å²) in [6.45, 7) is 0.510. The second-order valence-corrected chi connectivity index (χ2v) is 8.37. The number of methoxy groups -OCH3 is 1. The standard InChI is InChI=1S/C25H23ClN3O2/c1-30-16-19-12-21(13-19)24-23-15-27-10-11-29(23,26)25(28-24)20-8-5-9-22(14-20)31-17-18-6-3-2-4-7-18/h2-11,14-16,21H,12-13,17H2,1H3/q+1. The van der Waals surface area contributed by atoms with Gasteiger partial charge in [-0.15, -0.1) is 4.00 Å². The Morgan fingerprint density at radius 1 is 1.13 bits per heavy atom. The molecular formula is C25H23ClN3O2+. The van der Waals surface area contributed by atoms with Gasteiger partial charge >= 0.3 is 0 Å². The maximum atomic E-state index is 7.11. The van der Waals surface area contributed by atoms with E-state index >= 15 is 0 Å². The molecule has 1 atom stereocenters. The monoisotopic (exact) mass is 432 g/mol. The summed E-state index contributed by atoms with van der Waals surface area (Å²) in [5.41, 5.74) is 5.26. The van der Waals surface area contributed by atoms with Crippen LogP contribution in [0.25, 0.3) is 0 Å². The molecular weight excluding hydrogens is 410 g/mol. The molecule has 1 unspecified atom stereocenters. The van der Waals surface area contributed by atoms with E-state index in [2.05, 4.69) is 17.1 Å². The maximum absolute atomic E-state index is 7.11. The molecule has 0 bridgehead atoms. The first-order valence-corrected chi connectivity index (χ1v) is 10.6. The van der Waals surface area contributed by atoms with Crippen LogP contribution in [0.3, 0.4) is 0 Å². The fourth-order valence-electron chi connectivity index (χ4n) is 4.12. The van der Waals surface area contributed by atoms with Crippen molar-refractivity contribution in [3.8, 4) is 5.75 Å². The number of fused-ring (bicyclic) bond motifs is 1. The highest BCUT2D eigenvalue weighted by atomic mass is 35.5. The van der Waals surface area contributed by atoms with Gasteiger partial charge in [-0.2, -0.15) is 4.99 Å². The molecule has 1 aliphatic carbocycles. The zero-order valence-corrected chi connectivity index (χ0v) is 18.0. The molecule has 2 heterocycles. The summed E-state index contributed by atoms with van der Waals surface area (Å²) in [4.78, 5) is 9.34. The largest absolute Gasteiger partial charge is 0.504 e. The van der Waals surface area contributed by atoms with E-state index in [1.165, 1.54) is 5.57 Å². The molecule has 5 rings (SSSR count). The molecule has 3 aliphatic rings. The molecule has 0 spiro atoms. The van der Waals surface area contributed by atoms with Crippen LogP contribution in [-0.4, -0.2) is 23.2 Å². The van der Waals surface area contributed by atoms with Gasteiger partial charge in [-0.1, -0.05) is 36.4 Å². The molecule has 156 valence electrons. The summed E-state index contributed by atoms with van der Waals surface area (Å²) in [5.74, 6) is 1.87. The number of amidine groups is 1. The second kappa shape index (κ2) is 8.17. The Morgan fingerprint density at radius 2 is 1.97 bits per heavy atom. The van der Waals surface area contributed by atoms with Crippen molar-refractivity contribution in [3.63, 3.8) is 0 Å². The fourth-order valence-corrected chi connectivity index (χ4v) is 4.43. The molecule has 1 fully saturated rings. The third kappa shape index (κ3) is 3.71. The number of quaternary nitrogens is 1. The van der Waals surface area contributed by atoms with Crippen molar-refractivity contribution in [2.45, 2.75) is 19.4 Å². The topological polar surface area (TPSA) is 43.2 Å². The number of hydrogen-bond donors (Lipinski definition) is 0. The summed E-state index contributed by atoms with van der Waals surface area (Å²) in [6.07, 6.45) is 9.10. The molecule has 2 aromatic carbocycles. The number of nitrogens with zero attached hydrogens (tertiary/aromatic N) is 3. The fraction of sp³-hybridized carbons (Fsp3) is 0.200. The van der Waals surface area contributed by atoms with Crippen LogP contribution in [-0.2, 0) is 11.3 Å². The molecule has 0 amide bonds. The Bertz CT molecular complexity index is 1140. The van der Waals surface area contributed by atoms with E-state index in [1.807, 2.05) is 61.1 Å². The first-order chi connectivity index (χ1) is 15.2. The molecule has 2 aromatic rings. The number of benzene rings is 2. The van der Waals surface area contributed by atoms with Crippen LogP contribution in [0.1, 0.15) is 24.0 Å². The Labute approximate surface area is 187 Å². The first-order valence-electron chi connectivity index (χ1n) is 10.3. The smallest absolute Gasteiger partial charge is 0.263 e. The molecule has 2 aliphatic heterocycles. The Morgan fingerprint density at radius 3 is 2.77 bits per heavy atom. The van der Waals surface area contributed by atoms with Crippen molar-refractivity contribution in [2.75, 3.05) is 7.11 Å². The quantitative estimate of drug-likeness (QED) is 0.433. The zero-order valence-electron chi connectivity index (χ0n) is 17.2. The zero-order chi connectivity index (χ0) is 21.3. The van der Waals surface area contributed by atoms with Crippen LogP contribution in [0.5, 0.6) is 5.75 Å². The highest BCUT2D eigenvalue weighted by molar-refractivity contribution is 6.20. The Hall–Kier alpha value is -3.15. The van der Waals surface area contributed by atoms with E-state index in [-0.39, 0.29) is 4.00 Å². The summed E-state index contributed by atoms with van der Waals surface area (Å²) < 4.78 is 11.2. The van der Waals surface area contributed by atoms with E-state index in [4.69, 9.17) is 26.2 Å². The van der Waals surface area contributed by atoms with Gasteiger partial charge in [0.05, 0.1) is 31.3 Å². The lowest BCUT2D eigenvalue weighted by atomic mass is 9.78. The predicted octanol–water partition coefficient (Wildman–Crippen LogP) is 5.70. The van der Waals surface area contributed by atoms with Gasteiger partial charge in [-0.05, 0) is 42.2 Å². The van der Waals surface area contributed by atoms with Gasteiger partial charge in [0.15, 0.2) is 11.8 Å². The van der Waals surface area contributed by atoms with Gasteiger partial charge in [-0.25, -0.2) is 0 Å². The van der Waals surface area contributed by atoms with Crippen LogP contribution in [0.4, 0.5) is 0 Å². The van der Waals surface area contributed by atoms with Crippen LogP contribution in [0, 0.1) is 5.92 Å². The van der Waals surface area contributed by atoms with Crippen molar-refractivity contribution in [3.05, 3.63) is 101 Å². The summed E-state index contributed by atoms with van der Waals surface area (Å²) in [5, 5.41) is 0. The second-order valence-electron chi connectivity index (χ2n) is 7.84. The molecule has 0 N–H and O–H groups in total. The normalized spacial score (nSPS) is 23.9. The van der Waals surface area contributed by atoms with Crippen LogP contribution in [0.15, 0.2) is 100 Å². The van der Waals surface area contributed by atoms with Crippen molar-refractivity contribution < 1.29 is 13.5 Å². The molecule has 0 radical (unpaired) electrons. The summed E-state index contributed by atoms with van der Waals surface area (Å²) in [6, 6.07) is 18.1. The first kappa shape index (κ1) is 19.8. The van der Waals surface area contributed by atoms with E-state index in [0.29, 0.717) is 12.5 Å². The molecule has 0 saturated heterocycles. The summed E-state index contributed by atoms with van der Waals surface area (Å²) in [7, 11) is 1.68. The van der Waals surface area contributed by atoms with E-state index in [9.17, 15) is 0 Å². The van der Waals surface area contributed by atoms with Gasteiger partial charge in [-0.3, -0.25) is 4.99 Å². The molecule has 1 saturated carbocycles. The van der Waals surface area contributed by atoms with Crippen LogP contribution < -0.4 is 4.74 Å². The minimum atomic E-state index is 0.000791. The SMILES string of the molecule is COC=C1CC(C2=C3C=NC=C[N+]3(Cl)C(c3cccc(OCc4ccccc4)c3)=N2)C1. The lowest BCUT2D eigenvalue weighted by Gasteiger charge is -2.28. The predicted molar refractivity (Wildman–Crippen MR) is 122 cm³/mol. The highest BCUT2D eigenvalue weighted by Crippen LogP contribution is 2.47. The lowest BCUT2D eigenvalue weighted by Crippen LogP contribution is -2.38. The van der Waals surface area contributed by atoms with Gasteiger partial charge in [0.25, 0.3) is 5.84 Å². The number of halogens is 1. The van der Waals surface area contributed by atoms with Crippen molar-refractivity contribution in [2.24, 2.45) is 15.9 Å². The average molecular weight is 433 g/mol. The molecule has 0 aromatic heterocycles. The molecule has 6 heteroatoms. The summed E-state index contributed by atoms with van der Waals surface area (Å²) >= 11 is 7.11. The minimum Gasteiger partial charge on any atom is -0.504 e. The number of rotatable bonds is 6. The lowest BCUT2D eigenvalue weighted by molar-refractivity contribution is -0.600. The molecule has 5 nitrogen and oxygen atoms in total. The van der Waals surface area contributed by atoms with Crippen LogP contribution in [0.2, 0.25) is 0 Å². The Balaban J connectivity index is 1.42. The van der Waals surface area contributed by atoms with Crippen molar-refractivity contribution in [1.82, 2.24) is 0 Å². The van der Waals surface area contributed by atoms with Gasteiger partial charge in [0.2, 0.25) is 5.70 Å². The number of aliphatic imine (C=N–C) groups is 2. The minimum absolute atomic E-state index is 0.000791. The maximum Gasteiger partial charge on any atom is 0.263 e. The van der Waals surface area contributed by atoms with Gasteiger partial charge in [0.1, 0.15) is 24.3 Å². The number of hydrogen-bond acceptors (Lipinski definition) is 4. The van der Waals surface area contributed by atoms with Crippen molar-refractivity contribution in [1.29, 1.82) is 0 Å². The highest BCUT2D eigenvalue weighted by Gasteiger charge is 2.49. The van der Waals surface area contributed by atoms with E-state index in [0.717, 1.165) is 46.9 Å².